The van der Waals surface area contributed by atoms with Gasteiger partial charge >= 0.3 is 0 Å². The number of hydrogen-bond donors (Lipinski definition) is 2. The highest BCUT2D eigenvalue weighted by Crippen LogP contribution is 2.25. The number of nitrogens with two attached hydrogens (primary N) is 1. The highest BCUT2D eigenvalue weighted by atomic mass is 32.2. The first-order valence-electron chi connectivity index (χ1n) is 6.39. The topological polar surface area (TPSA) is 67.1 Å². The maximum Gasteiger partial charge on any atom is 0.145 e. The monoisotopic (exact) mass is 267 g/mol. The number of hydrogen-bond acceptors (Lipinski definition) is 6. The van der Waals surface area contributed by atoms with Gasteiger partial charge in [0.2, 0.25) is 0 Å². The average molecular weight is 267 g/mol. The third-order valence-electron chi connectivity index (χ3n) is 3.20. The molecule has 1 atom stereocenters. The molecule has 1 unspecified atom stereocenters. The lowest BCUT2D eigenvalue weighted by Gasteiger charge is -2.25. The molecule has 1 aromatic heterocycles. The maximum absolute atomic E-state index is 5.47. The Morgan fingerprint density at radius 2 is 2.39 bits per heavy atom. The van der Waals surface area contributed by atoms with Crippen LogP contribution in [0.1, 0.15) is 25.6 Å². The predicted octanol–water partition coefficient (Wildman–Crippen LogP) is 1.66. The van der Waals surface area contributed by atoms with E-state index in [2.05, 4.69) is 34.3 Å². The Balaban J connectivity index is 2.21. The van der Waals surface area contributed by atoms with Gasteiger partial charge in [0.15, 0.2) is 0 Å². The second-order valence-corrected chi connectivity index (χ2v) is 5.70. The molecule has 18 heavy (non-hydrogen) atoms. The molecule has 2 heterocycles. The molecule has 3 N–H and O–H groups in total. The smallest absolute Gasteiger partial charge is 0.145 e. The lowest BCUT2D eigenvalue weighted by atomic mass is 10.2. The average Bonchev–Trinajstić information content (AvgIpc) is 2.91. The second kappa shape index (κ2) is 6.24. The van der Waals surface area contributed by atoms with E-state index in [9.17, 15) is 0 Å². The summed E-state index contributed by atoms with van der Waals surface area (Å²) in [5.41, 5.74) is 2.63. The Morgan fingerprint density at radius 1 is 1.56 bits per heavy atom. The number of anilines is 2. The summed E-state index contributed by atoms with van der Waals surface area (Å²) in [7, 11) is 2.11. The number of nitrogens with zero attached hydrogens (tertiary/aromatic N) is 3. The minimum atomic E-state index is 0.574. The Morgan fingerprint density at radius 3 is 3.00 bits per heavy atom. The molecule has 0 amide bonds. The van der Waals surface area contributed by atoms with E-state index in [1.807, 2.05) is 17.8 Å². The number of thioether (sulfide) groups is 1. The van der Waals surface area contributed by atoms with Crippen molar-refractivity contribution in [3.8, 4) is 0 Å². The summed E-state index contributed by atoms with van der Waals surface area (Å²) in [6.45, 7) is 2.13. The molecular weight excluding hydrogens is 246 g/mol. The van der Waals surface area contributed by atoms with Crippen LogP contribution < -0.4 is 16.2 Å². The zero-order valence-corrected chi connectivity index (χ0v) is 11.8. The van der Waals surface area contributed by atoms with Gasteiger partial charge in [0.05, 0.1) is 0 Å². The standard InChI is InChI=1S/C12H21N5S/c1-3-4-10-14-11(16-13)7-12(15-10)17(2)9-5-6-18-8-9/h7,9H,3-6,8,13H2,1-2H3,(H,14,15,16). The van der Waals surface area contributed by atoms with Gasteiger partial charge in [0.25, 0.3) is 0 Å². The molecular formula is C12H21N5S. The Labute approximate surface area is 113 Å². The van der Waals surface area contributed by atoms with Crippen LogP contribution in [0, 0.1) is 0 Å². The van der Waals surface area contributed by atoms with Crippen LogP contribution in [0.3, 0.4) is 0 Å². The van der Waals surface area contributed by atoms with Crippen molar-refractivity contribution in [2.24, 2.45) is 5.84 Å². The number of nitrogens with one attached hydrogen (secondary N) is 1. The van der Waals surface area contributed by atoms with Crippen molar-refractivity contribution in [3.63, 3.8) is 0 Å². The molecule has 1 aliphatic heterocycles. The number of aromatic nitrogens is 2. The summed E-state index contributed by atoms with van der Waals surface area (Å²) in [5.74, 6) is 10.4. The lowest BCUT2D eigenvalue weighted by Crippen LogP contribution is -2.32. The molecule has 0 aromatic carbocycles. The molecule has 1 fully saturated rings. The molecule has 5 nitrogen and oxygen atoms in total. The van der Waals surface area contributed by atoms with Crippen LogP contribution in [0.4, 0.5) is 11.6 Å². The molecule has 0 radical (unpaired) electrons. The third-order valence-corrected chi connectivity index (χ3v) is 4.34. The van der Waals surface area contributed by atoms with Gasteiger partial charge in [-0.1, -0.05) is 6.92 Å². The van der Waals surface area contributed by atoms with Crippen molar-refractivity contribution in [1.29, 1.82) is 0 Å². The summed E-state index contributed by atoms with van der Waals surface area (Å²) in [6.07, 6.45) is 3.14. The molecule has 0 aliphatic carbocycles. The third kappa shape index (κ3) is 3.05. The van der Waals surface area contributed by atoms with Crippen LogP contribution in [0.25, 0.3) is 0 Å². The normalized spacial score (nSPS) is 18.9. The van der Waals surface area contributed by atoms with Crippen LogP contribution in [0.2, 0.25) is 0 Å². The zero-order valence-electron chi connectivity index (χ0n) is 11.0. The van der Waals surface area contributed by atoms with Gasteiger partial charge in [-0.3, -0.25) is 0 Å². The molecule has 100 valence electrons. The zero-order chi connectivity index (χ0) is 13.0. The Kier molecular flexibility index (Phi) is 4.66. The maximum atomic E-state index is 5.47. The summed E-state index contributed by atoms with van der Waals surface area (Å²) in [4.78, 5) is 11.2. The van der Waals surface area contributed by atoms with E-state index in [1.165, 1.54) is 17.9 Å². The van der Waals surface area contributed by atoms with Crippen molar-refractivity contribution in [2.45, 2.75) is 32.2 Å². The van der Waals surface area contributed by atoms with Crippen molar-refractivity contribution in [2.75, 3.05) is 28.9 Å². The van der Waals surface area contributed by atoms with Crippen LogP contribution in [-0.4, -0.2) is 34.6 Å². The summed E-state index contributed by atoms with van der Waals surface area (Å²) < 4.78 is 0. The van der Waals surface area contributed by atoms with E-state index in [4.69, 9.17) is 5.84 Å². The number of aryl methyl sites for hydroxylation is 1. The Bertz CT molecular complexity index is 392. The van der Waals surface area contributed by atoms with Gasteiger partial charge in [-0.2, -0.15) is 11.8 Å². The van der Waals surface area contributed by atoms with Crippen LogP contribution >= 0.6 is 11.8 Å². The van der Waals surface area contributed by atoms with Gasteiger partial charge in [-0.15, -0.1) is 0 Å². The first-order valence-corrected chi connectivity index (χ1v) is 7.55. The SMILES string of the molecule is CCCc1nc(NN)cc(N(C)C2CCSC2)n1. The van der Waals surface area contributed by atoms with Gasteiger partial charge in [0.1, 0.15) is 17.5 Å². The predicted molar refractivity (Wildman–Crippen MR) is 78.0 cm³/mol. The Hall–Kier alpha value is -1.01. The highest BCUT2D eigenvalue weighted by molar-refractivity contribution is 7.99. The van der Waals surface area contributed by atoms with Gasteiger partial charge in [0, 0.05) is 31.3 Å². The molecule has 6 heteroatoms. The van der Waals surface area contributed by atoms with Crippen molar-refractivity contribution in [1.82, 2.24) is 9.97 Å². The molecule has 1 aliphatic rings. The fourth-order valence-electron chi connectivity index (χ4n) is 2.09. The van der Waals surface area contributed by atoms with Crippen LogP contribution in [0.15, 0.2) is 6.07 Å². The number of nitrogen functional groups attached to an aromatic ring is 1. The fourth-order valence-corrected chi connectivity index (χ4v) is 3.36. The largest absolute Gasteiger partial charge is 0.356 e. The molecule has 0 saturated carbocycles. The molecule has 1 aromatic rings. The highest BCUT2D eigenvalue weighted by Gasteiger charge is 2.21. The first kappa shape index (κ1) is 13.4. The minimum Gasteiger partial charge on any atom is -0.356 e. The summed E-state index contributed by atoms with van der Waals surface area (Å²) >= 11 is 2.00. The lowest BCUT2D eigenvalue weighted by molar-refractivity contribution is 0.686. The quantitative estimate of drug-likeness (QED) is 0.625. The number of hydrazine groups is 1. The molecule has 0 spiro atoms. The van der Waals surface area contributed by atoms with E-state index in [-0.39, 0.29) is 0 Å². The van der Waals surface area contributed by atoms with E-state index in [0.29, 0.717) is 11.9 Å². The van der Waals surface area contributed by atoms with Gasteiger partial charge in [-0.25, -0.2) is 15.8 Å². The fraction of sp³-hybridized carbons (Fsp3) is 0.667. The molecule has 0 bridgehead atoms. The van der Waals surface area contributed by atoms with Gasteiger partial charge in [-0.05, 0) is 18.6 Å². The van der Waals surface area contributed by atoms with Crippen LogP contribution in [0.5, 0.6) is 0 Å². The molecule has 2 rings (SSSR count). The van der Waals surface area contributed by atoms with E-state index in [0.717, 1.165) is 24.5 Å². The summed E-state index contributed by atoms with van der Waals surface area (Å²) in [6, 6.07) is 2.49. The number of rotatable bonds is 5. The van der Waals surface area contributed by atoms with Crippen molar-refractivity contribution < 1.29 is 0 Å². The van der Waals surface area contributed by atoms with Crippen molar-refractivity contribution in [3.05, 3.63) is 11.9 Å². The summed E-state index contributed by atoms with van der Waals surface area (Å²) in [5, 5.41) is 0. The van der Waals surface area contributed by atoms with Crippen LogP contribution in [-0.2, 0) is 6.42 Å². The van der Waals surface area contributed by atoms with E-state index >= 15 is 0 Å². The molecule has 1 saturated heterocycles. The van der Waals surface area contributed by atoms with E-state index < -0.39 is 0 Å². The second-order valence-electron chi connectivity index (χ2n) is 4.55. The van der Waals surface area contributed by atoms with Gasteiger partial charge < -0.3 is 10.3 Å². The first-order chi connectivity index (χ1) is 8.74. The van der Waals surface area contributed by atoms with Crippen molar-refractivity contribution >= 4 is 23.4 Å². The minimum absolute atomic E-state index is 0.574. The van der Waals surface area contributed by atoms with E-state index in [1.54, 1.807) is 0 Å².